The van der Waals surface area contributed by atoms with E-state index >= 15 is 0 Å². The van der Waals surface area contributed by atoms with Crippen LogP contribution in [0.2, 0.25) is 5.02 Å². The molecule has 2 unspecified atom stereocenters. The predicted octanol–water partition coefficient (Wildman–Crippen LogP) is 2.50. The number of rotatable bonds is 8. The van der Waals surface area contributed by atoms with Crippen LogP contribution in [0.5, 0.6) is 17.2 Å². The van der Waals surface area contributed by atoms with Crippen LogP contribution in [0.25, 0.3) is 0 Å². The predicted molar refractivity (Wildman–Crippen MR) is 156 cm³/mol. The molecule has 2 amide bonds. The third kappa shape index (κ3) is 6.07. The number of phenolic OH excluding ortho intramolecular Hbond substituents is 2. The zero-order valence-electron chi connectivity index (χ0n) is 22.5. The molecule has 12 heteroatoms. The molecule has 3 aromatic rings. The van der Waals surface area contributed by atoms with Crippen molar-refractivity contribution in [3.8, 4) is 17.2 Å². The largest absolute Gasteiger partial charge is 0.504 e. The van der Waals surface area contributed by atoms with Gasteiger partial charge in [0.2, 0.25) is 5.91 Å². The van der Waals surface area contributed by atoms with E-state index in [2.05, 4.69) is 26.4 Å². The Morgan fingerprint density at radius 3 is 2.49 bits per heavy atom. The molecule has 3 atom stereocenters. The maximum absolute atomic E-state index is 13.1. The summed E-state index contributed by atoms with van der Waals surface area (Å²) >= 11 is 6.17. The number of phenols is 2. The molecule has 3 aromatic carbocycles. The van der Waals surface area contributed by atoms with Gasteiger partial charge in [-0.3, -0.25) is 14.6 Å². The molecular weight excluding hydrogens is 548 g/mol. The number of methoxy groups -OCH3 is 1. The zero-order chi connectivity index (χ0) is 29.1. The van der Waals surface area contributed by atoms with Crippen LogP contribution in [0.4, 0.5) is 5.69 Å². The Morgan fingerprint density at radius 1 is 1.00 bits per heavy atom. The van der Waals surface area contributed by atoms with Gasteiger partial charge >= 0.3 is 0 Å². The summed E-state index contributed by atoms with van der Waals surface area (Å²) in [6.07, 6.45) is -0.300. The quantitative estimate of drug-likeness (QED) is 0.176. The van der Waals surface area contributed by atoms with Crippen LogP contribution in [0.1, 0.15) is 34.8 Å². The van der Waals surface area contributed by atoms with E-state index in [-0.39, 0.29) is 54.8 Å². The number of halogens is 1. The minimum Gasteiger partial charge on any atom is -0.504 e. The first-order valence-corrected chi connectivity index (χ1v) is 13.5. The highest BCUT2D eigenvalue weighted by Crippen LogP contribution is 2.36. The third-order valence-electron chi connectivity index (χ3n) is 7.04. The molecular formula is C29H31ClN6O5. The lowest BCUT2D eigenvalue weighted by Crippen LogP contribution is -2.48. The molecule has 2 aliphatic rings. The average molecular weight is 579 g/mol. The Bertz CT molecular complexity index is 1480. The summed E-state index contributed by atoms with van der Waals surface area (Å²) in [4.78, 5) is 32.7. The number of hydrazine groups is 1. The van der Waals surface area contributed by atoms with Crippen LogP contribution in [0.3, 0.4) is 0 Å². The second-order valence-corrected chi connectivity index (χ2v) is 10.2. The van der Waals surface area contributed by atoms with Crippen molar-refractivity contribution in [1.82, 2.24) is 21.5 Å². The lowest BCUT2D eigenvalue weighted by molar-refractivity contribution is -0.121. The van der Waals surface area contributed by atoms with E-state index in [1.807, 2.05) is 49.4 Å². The number of aromatic hydroxyl groups is 2. The molecule has 1 fully saturated rings. The summed E-state index contributed by atoms with van der Waals surface area (Å²) in [6.45, 7) is 2.40. The second-order valence-electron chi connectivity index (χ2n) is 9.77. The van der Waals surface area contributed by atoms with E-state index in [1.165, 1.54) is 18.2 Å². The Hall–Kier alpha value is -4.32. The molecule has 0 aromatic heterocycles. The number of anilines is 1. The minimum atomic E-state index is -0.467. The van der Waals surface area contributed by atoms with Crippen molar-refractivity contribution in [3.63, 3.8) is 0 Å². The molecule has 0 radical (unpaired) electrons. The molecule has 2 aliphatic heterocycles. The highest BCUT2D eigenvalue weighted by atomic mass is 35.5. The number of aliphatic imine (C=N–C) groups is 1. The summed E-state index contributed by atoms with van der Waals surface area (Å²) in [7, 11) is 1.62. The Kier molecular flexibility index (Phi) is 8.29. The monoisotopic (exact) mass is 578 g/mol. The highest BCUT2D eigenvalue weighted by molar-refractivity contribution is 6.30. The maximum Gasteiger partial charge on any atom is 0.251 e. The van der Waals surface area contributed by atoms with Crippen molar-refractivity contribution < 1.29 is 24.5 Å². The molecule has 1 saturated heterocycles. The SMILES string of the molecule is COc1ccc2c(c1)C(c1ccc(Cl)cc1)=N[C@@H](CC(=O)NCCNC(=O)c1ccc(O)c(O)c1)C1NNC(C)N21. The molecule has 41 heavy (non-hydrogen) atoms. The van der Waals surface area contributed by atoms with Gasteiger partial charge in [-0.1, -0.05) is 23.7 Å². The topological polar surface area (TPSA) is 148 Å². The van der Waals surface area contributed by atoms with Gasteiger partial charge in [0.25, 0.3) is 5.91 Å². The highest BCUT2D eigenvalue weighted by Gasteiger charge is 2.40. The van der Waals surface area contributed by atoms with Gasteiger partial charge < -0.3 is 30.5 Å². The molecule has 0 spiro atoms. The standard InChI is InChI=1S/C29H31ClN6O5/c1-16-34-35-28-22(15-26(39)31-11-12-32-29(40)18-5-10-24(37)25(38)13-18)33-27(17-3-6-19(30)7-4-17)21-14-20(41-2)8-9-23(21)36(16)28/h3-10,13-14,16,22,28,34-35,37-38H,11-12,15H2,1-2H3,(H,31,39)(H,32,40)/t16?,22-,28?/m0/s1. The molecule has 6 N–H and O–H groups in total. The summed E-state index contributed by atoms with van der Waals surface area (Å²) < 4.78 is 5.52. The van der Waals surface area contributed by atoms with Gasteiger partial charge in [-0.05, 0) is 55.5 Å². The van der Waals surface area contributed by atoms with Gasteiger partial charge in [0.05, 0.1) is 31.4 Å². The van der Waals surface area contributed by atoms with Gasteiger partial charge in [0, 0.05) is 40.5 Å². The Balaban J connectivity index is 1.33. The minimum absolute atomic E-state index is 0.0768. The number of carbonyl (C=O) groups excluding carboxylic acids is 2. The molecule has 5 rings (SSSR count). The smallest absolute Gasteiger partial charge is 0.251 e. The molecule has 0 aliphatic carbocycles. The van der Waals surface area contributed by atoms with Gasteiger partial charge in [-0.2, -0.15) is 0 Å². The summed E-state index contributed by atoms with van der Waals surface area (Å²) in [5.74, 6) is -0.663. The number of benzene rings is 3. The summed E-state index contributed by atoms with van der Waals surface area (Å²) in [6, 6.07) is 16.6. The lowest BCUT2D eigenvalue weighted by atomic mass is 9.99. The Labute approximate surface area is 242 Å². The fourth-order valence-corrected chi connectivity index (χ4v) is 5.12. The normalized spacial score (nSPS) is 19.4. The first kappa shape index (κ1) is 28.2. The van der Waals surface area contributed by atoms with E-state index in [9.17, 15) is 19.8 Å². The second kappa shape index (κ2) is 12.0. The van der Waals surface area contributed by atoms with Gasteiger partial charge in [0.15, 0.2) is 11.5 Å². The number of fused-ring (bicyclic) bond motifs is 3. The van der Waals surface area contributed by atoms with Crippen LogP contribution >= 0.6 is 11.6 Å². The fraction of sp³-hybridized carbons (Fsp3) is 0.276. The van der Waals surface area contributed by atoms with E-state index in [4.69, 9.17) is 21.3 Å². The van der Waals surface area contributed by atoms with Crippen LogP contribution in [0, 0.1) is 0 Å². The fourth-order valence-electron chi connectivity index (χ4n) is 4.99. The number of hydrogen-bond donors (Lipinski definition) is 6. The van der Waals surface area contributed by atoms with E-state index in [0.29, 0.717) is 10.8 Å². The van der Waals surface area contributed by atoms with Crippen molar-refractivity contribution in [2.24, 2.45) is 4.99 Å². The molecule has 11 nitrogen and oxygen atoms in total. The van der Waals surface area contributed by atoms with Crippen LogP contribution < -0.4 is 31.1 Å². The maximum atomic E-state index is 13.1. The van der Waals surface area contributed by atoms with Crippen molar-refractivity contribution in [2.45, 2.75) is 31.7 Å². The summed E-state index contributed by atoms with van der Waals surface area (Å²) in [5, 5.41) is 25.2. The van der Waals surface area contributed by atoms with E-state index in [0.717, 1.165) is 22.5 Å². The van der Waals surface area contributed by atoms with Crippen LogP contribution in [0.15, 0.2) is 65.7 Å². The Morgan fingerprint density at radius 2 is 1.76 bits per heavy atom. The lowest BCUT2D eigenvalue weighted by Gasteiger charge is -2.31. The number of nitrogens with zero attached hydrogens (tertiary/aromatic N) is 2. The number of hydrogen-bond acceptors (Lipinski definition) is 9. The van der Waals surface area contributed by atoms with Crippen molar-refractivity contribution in [2.75, 3.05) is 25.1 Å². The van der Waals surface area contributed by atoms with Gasteiger partial charge in [0.1, 0.15) is 11.9 Å². The third-order valence-corrected chi connectivity index (χ3v) is 7.29. The number of carbonyl (C=O) groups is 2. The first-order chi connectivity index (χ1) is 19.7. The van der Waals surface area contributed by atoms with Crippen molar-refractivity contribution in [3.05, 3.63) is 82.4 Å². The van der Waals surface area contributed by atoms with Gasteiger partial charge in [-0.15, -0.1) is 0 Å². The van der Waals surface area contributed by atoms with Crippen molar-refractivity contribution in [1.29, 1.82) is 0 Å². The first-order valence-electron chi connectivity index (χ1n) is 13.1. The van der Waals surface area contributed by atoms with Crippen LogP contribution in [-0.2, 0) is 4.79 Å². The number of nitrogens with one attached hydrogen (secondary N) is 4. The molecule has 0 saturated carbocycles. The van der Waals surface area contributed by atoms with Crippen molar-refractivity contribution >= 4 is 34.8 Å². The number of ether oxygens (including phenoxy) is 1. The summed E-state index contributed by atoms with van der Waals surface area (Å²) in [5.41, 5.74) is 10.2. The number of amides is 2. The molecule has 214 valence electrons. The van der Waals surface area contributed by atoms with Crippen LogP contribution in [-0.4, -0.2) is 66.3 Å². The van der Waals surface area contributed by atoms with Gasteiger partial charge in [-0.25, -0.2) is 10.9 Å². The molecule has 0 bridgehead atoms. The average Bonchev–Trinajstić information content (AvgIpc) is 3.29. The van der Waals surface area contributed by atoms with E-state index < -0.39 is 11.9 Å². The molecule has 2 heterocycles. The van der Waals surface area contributed by atoms with E-state index in [1.54, 1.807) is 7.11 Å². The zero-order valence-corrected chi connectivity index (χ0v) is 23.3.